The molecule has 2 bridgehead atoms. The molecule has 2 fully saturated rings. The van der Waals surface area contributed by atoms with E-state index in [-0.39, 0.29) is 30.4 Å². The van der Waals surface area contributed by atoms with Crippen molar-refractivity contribution in [3.63, 3.8) is 0 Å². The van der Waals surface area contributed by atoms with Crippen LogP contribution in [0.2, 0.25) is 0 Å². The highest BCUT2D eigenvalue weighted by atomic mass is 35.5. The Morgan fingerprint density at radius 2 is 1.89 bits per heavy atom. The Kier molecular flexibility index (Phi) is 5.75. The molecule has 0 saturated heterocycles. The summed E-state index contributed by atoms with van der Waals surface area (Å²) in [5, 5.41) is 3.26. The molecule has 2 atom stereocenters. The Bertz CT molecular complexity index is 815. The fourth-order valence-electron chi connectivity index (χ4n) is 5.12. The minimum atomic E-state index is -3.27. The van der Waals surface area contributed by atoms with Crippen LogP contribution >= 0.6 is 12.4 Å². The van der Waals surface area contributed by atoms with Gasteiger partial charge in [-0.1, -0.05) is 6.42 Å². The average Bonchev–Trinajstić information content (AvgIpc) is 2.99. The van der Waals surface area contributed by atoms with Gasteiger partial charge in [-0.2, -0.15) is 0 Å². The molecule has 4 rings (SSSR count). The number of carbonyl (C=O) groups is 1. The number of hydrogen-bond donors (Lipinski definition) is 2. The molecule has 1 aromatic carbocycles. The molecule has 3 aliphatic rings. The van der Waals surface area contributed by atoms with Gasteiger partial charge in [0.1, 0.15) is 0 Å². The molecule has 0 spiro atoms. The van der Waals surface area contributed by atoms with Gasteiger partial charge in [0, 0.05) is 24.2 Å². The zero-order valence-corrected chi connectivity index (χ0v) is 17.2. The molecule has 8 heteroatoms. The van der Waals surface area contributed by atoms with Crippen molar-refractivity contribution in [3.05, 3.63) is 29.3 Å². The Hall–Kier alpha value is -1.31. The molecule has 27 heavy (non-hydrogen) atoms. The van der Waals surface area contributed by atoms with Crippen LogP contribution in [0.25, 0.3) is 0 Å². The zero-order valence-electron chi connectivity index (χ0n) is 15.6. The van der Waals surface area contributed by atoms with Crippen LogP contribution in [-0.2, 0) is 16.4 Å². The summed E-state index contributed by atoms with van der Waals surface area (Å²) in [6.07, 6.45) is 7.37. The van der Waals surface area contributed by atoms with Crippen LogP contribution in [-0.4, -0.2) is 39.2 Å². The predicted octanol–water partition coefficient (Wildman–Crippen LogP) is 2.07. The van der Waals surface area contributed by atoms with Crippen LogP contribution in [0.3, 0.4) is 0 Å². The maximum Gasteiger partial charge on any atom is 0.251 e. The van der Waals surface area contributed by atoms with Crippen molar-refractivity contribution < 1.29 is 13.2 Å². The molecular formula is C19H28ClN3O3S. The summed E-state index contributed by atoms with van der Waals surface area (Å²) in [5.74, 6) is 0.913. The topological polar surface area (TPSA) is 92.5 Å². The maximum absolute atomic E-state index is 12.8. The lowest BCUT2D eigenvalue weighted by molar-refractivity contribution is 0.0756. The number of rotatable bonds is 3. The molecule has 1 heterocycles. The molecule has 2 saturated carbocycles. The lowest BCUT2D eigenvalue weighted by Crippen LogP contribution is -2.53. The predicted molar refractivity (Wildman–Crippen MR) is 109 cm³/mol. The summed E-state index contributed by atoms with van der Waals surface area (Å²) in [6.45, 7) is 0.448. The molecular weight excluding hydrogens is 386 g/mol. The van der Waals surface area contributed by atoms with Crippen LogP contribution in [0.4, 0.5) is 5.69 Å². The normalized spacial score (nSPS) is 29.6. The van der Waals surface area contributed by atoms with Crippen LogP contribution in [0.5, 0.6) is 0 Å². The number of fused-ring (bicyclic) bond motifs is 3. The van der Waals surface area contributed by atoms with Gasteiger partial charge in [-0.25, -0.2) is 8.42 Å². The van der Waals surface area contributed by atoms with Gasteiger partial charge in [-0.05, 0) is 67.7 Å². The summed E-state index contributed by atoms with van der Waals surface area (Å²) in [7, 11) is -3.27. The van der Waals surface area contributed by atoms with Gasteiger partial charge in [0.15, 0.2) is 0 Å². The fourth-order valence-corrected chi connectivity index (χ4v) is 6.08. The van der Waals surface area contributed by atoms with Gasteiger partial charge in [0.25, 0.3) is 5.91 Å². The molecule has 1 amide bonds. The maximum atomic E-state index is 12.8. The summed E-state index contributed by atoms with van der Waals surface area (Å²) in [6, 6.07) is 5.83. The van der Waals surface area contributed by atoms with Crippen LogP contribution in [0.1, 0.15) is 48.0 Å². The highest BCUT2D eigenvalue weighted by Gasteiger charge is 2.40. The highest BCUT2D eigenvalue weighted by Crippen LogP contribution is 2.40. The molecule has 150 valence electrons. The third-order valence-electron chi connectivity index (χ3n) is 6.27. The van der Waals surface area contributed by atoms with Crippen LogP contribution in [0, 0.1) is 11.8 Å². The summed E-state index contributed by atoms with van der Waals surface area (Å²) in [4.78, 5) is 12.8. The number of hydrogen-bond acceptors (Lipinski definition) is 4. The lowest BCUT2D eigenvalue weighted by atomic mass is 9.67. The first-order valence-corrected chi connectivity index (χ1v) is 11.3. The first-order chi connectivity index (χ1) is 12.3. The van der Waals surface area contributed by atoms with Crippen molar-refractivity contribution >= 4 is 34.0 Å². The van der Waals surface area contributed by atoms with E-state index >= 15 is 0 Å². The SMILES string of the molecule is CS(=O)(=O)N1CCc2cc(C(=O)NC3C4CCCC3CC(N)C4)ccc21.Cl. The van der Waals surface area contributed by atoms with Crippen molar-refractivity contribution in [2.45, 2.75) is 50.6 Å². The quantitative estimate of drug-likeness (QED) is 0.793. The monoisotopic (exact) mass is 413 g/mol. The molecule has 1 aliphatic heterocycles. The Labute approximate surface area is 167 Å². The lowest BCUT2D eigenvalue weighted by Gasteiger charge is -2.45. The third-order valence-corrected chi connectivity index (χ3v) is 7.45. The number of nitrogens with zero attached hydrogens (tertiary/aromatic N) is 1. The van der Waals surface area contributed by atoms with Gasteiger partial charge in [0.2, 0.25) is 10.0 Å². The summed E-state index contributed by atoms with van der Waals surface area (Å²) >= 11 is 0. The van der Waals surface area contributed by atoms with E-state index in [1.165, 1.54) is 17.0 Å². The number of halogens is 1. The zero-order chi connectivity index (χ0) is 18.5. The standard InChI is InChI=1S/C19H27N3O3S.ClH/c1-26(24,25)22-8-7-12-9-15(5-6-17(12)22)19(23)21-18-13-3-2-4-14(18)11-16(20)10-13;/h5-6,9,13-14,16,18H,2-4,7-8,10-11,20H2,1H3,(H,21,23);1H. The van der Waals surface area contributed by atoms with E-state index < -0.39 is 10.0 Å². The van der Waals surface area contributed by atoms with Crippen molar-refractivity contribution in [2.75, 3.05) is 17.1 Å². The third kappa shape index (κ3) is 3.96. The minimum absolute atomic E-state index is 0. The van der Waals surface area contributed by atoms with E-state index in [4.69, 9.17) is 5.73 Å². The molecule has 2 unspecified atom stereocenters. The second kappa shape index (κ2) is 7.60. The second-order valence-electron chi connectivity index (χ2n) is 8.11. The molecule has 1 aromatic rings. The average molecular weight is 414 g/mol. The van der Waals surface area contributed by atoms with Crippen molar-refractivity contribution in [2.24, 2.45) is 17.6 Å². The van der Waals surface area contributed by atoms with E-state index in [1.807, 2.05) is 6.07 Å². The summed E-state index contributed by atoms with van der Waals surface area (Å²) in [5.41, 5.74) is 8.41. The van der Waals surface area contributed by atoms with E-state index in [0.29, 0.717) is 36.1 Å². The molecule has 0 radical (unpaired) electrons. The van der Waals surface area contributed by atoms with Gasteiger partial charge in [0.05, 0.1) is 11.9 Å². The highest BCUT2D eigenvalue weighted by molar-refractivity contribution is 7.92. The van der Waals surface area contributed by atoms with Crippen molar-refractivity contribution in [1.29, 1.82) is 0 Å². The fraction of sp³-hybridized carbons (Fsp3) is 0.632. The number of carbonyl (C=O) groups excluding carboxylic acids is 1. The Morgan fingerprint density at radius 3 is 2.52 bits per heavy atom. The van der Waals surface area contributed by atoms with Gasteiger partial charge in [-0.15, -0.1) is 12.4 Å². The first-order valence-electron chi connectivity index (χ1n) is 9.50. The van der Waals surface area contributed by atoms with Gasteiger partial charge < -0.3 is 11.1 Å². The van der Waals surface area contributed by atoms with Gasteiger partial charge >= 0.3 is 0 Å². The van der Waals surface area contributed by atoms with Crippen molar-refractivity contribution in [1.82, 2.24) is 5.32 Å². The number of amides is 1. The van der Waals surface area contributed by atoms with Crippen molar-refractivity contribution in [3.8, 4) is 0 Å². The molecule has 0 aromatic heterocycles. The molecule has 2 aliphatic carbocycles. The van der Waals surface area contributed by atoms with Crippen LogP contribution < -0.4 is 15.4 Å². The number of anilines is 1. The van der Waals surface area contributed by atoms with E-state index in [1.54, 1.807) is 12.1 Å². The largest absolute Gasteiger partial charge is 0.349 e. The number of nitrogens with two attached hydrogens (primary N) is 1. The number of sulfonamides is 1. The Balaban J connectivity index is 0.00000210. The smallest absolute Gasteiger partial charge is 0.251 e. The number of benzene rings is 1. The molecule has 6 nitrogen and oxygen atoms in total. The van der Waals surface area contributed by atoms with E-state index in [9.17, 15) is 13.2 Å². The second-order valence-corrected chi connectivity index (χ2v) is 10.0. The minimum Gasteiger partial charge on any atom is -0.349 e. The van der Waals surface area contributed by atoms with Crippen LogP contribution in [0.15, 0.2) is 18.2 Å². The first kappa shape index (κ1) is 20.4. The molecule has 3 N–H and O–H groups in total. The summed E-state index contributed by atoms with van der Waals surface area (Å²) < 4.78 is 25.1. The van der Waals surface area contributed by atoms with Gasteiger partial charge in [-0.3, -0.25) is 9.10 Å². The van der Waals surface area contributed by atoms with E-state index in [0.717, 1.165) is 31.2 Å². The Morgan fingerprint density at radius 1 is 1.22 bits per heavy atom. The van der Waals surface area contributed by atoms with E-state index in [2.05, 4.69) is 5.32 Å². The number of nitrogens with one attached hydrogen (secondary N) is 1.